The highest BCUT2D eigenvalue weighted by Gasteiger charge is 2.27. The Balaban J connectivity index is 1.20. The number of aromatic nitrogens is 2. The van der Waals surface area contributed by atoms with E-state index in [0.717, 1.165) is 24.6 Å². The number of carbonyl (C=O) groups excluding carboxylic acids is 1. The molecule has 1 saturated carbocycles. The lowest BCUT2D eigenvalue weighted by molar-refractivity contribution is 0.110. The van der Waals surface area contributed by atoms with Gasteiger partial charge in [0.15, 0.2) is 0 Å². The monoisotopic (exact) mass is 352 g/mol. The third kappa shape index (κ3) is 4.58. The molecule has 1 saturated heterocycles. The van der Waals surface area contributed by atoms with Crippen LogP contribution in [0.3, 0.4) is 0 Å². The van der Waals surface area contributed by atoms with Gasteiger partial charge in [0, 0.05) is 18.9 Å². The summed E-state index contributed by atoms with van der Waals surface area (Å²) in [5.74, 6) is 2.01. The molecule has 2 fully saturated rings. The predicted octanol–water partition coefficient (Wildman–Crippen LogP) is 3.12. The van der Waals surface area contributed by atoms with Crippen molar-refractivity contribution in [2.45, 2.75) is 37.7 Å². The zero-order valence-corrected chi connectivity index (χ0v) is 14.7. The Morgan fingerprint density at radius 3 is 2.65 bits per heavy atom. The maximum atomic E-state index is 12.1. The molecule has 6 heteroatoms. The molecule has 2 aromatic rings. The van der Waals surface area contributed by atoms with Crippen LogP contribution in [0.4, 0.5) is 10.5 Å². The van der Waals surface area contributed by atoms with Crippen LogP contribution in [0.15, 0.2) is 42.7 Å². The quantitative estimate of drug-likeness (QED) is 0.837. The number of rotatable bonds is 6. The van der Waals surface area contributed by atoms with Gasteiger partial charge in [0.25, 0.3) is 0 Å². The zero-order chi connectivity index (χ0) is 17.8. The van der Waals surface area contributed by atoms with Gasteiger partial charge in [-0.2, -0.15) is 0 Å². The SMILES string of the molecule is O=C(NC[C@@H]1C[C@H](c2ccccc2)CO1)Nc1cnc(CC2CC2)nc1. The average Bonchev–Trinajstić information content (AvgIpc) is 3.36. The Hall–Kier alpha value is -2.47. The van der Waals surface area contributed by atoms with Crippen molar-refractivity contribution in [1.82, 2.24) is 15.3 Å². The van der Waals surface area contributed by atoms with Crippen LogP contribution in [0.5, 0.6) is 0 Å². The van der Waals surface area contributed by atoms with Crippen LogP contribution in [-0.2, 0) is 11.2 Å². The number of nitrogens with one attached hydrogen (secondary N) is 2. The van der Waals surface area contributed by atoms with E-state index in [2.05, 4.69) is 32.7 Å². The van der Waals surface area contributed by atoms with Crippen LogP contribution >= 0.6 is 0 Å². The van der Waals surface area contributed by atoms with Gasteiger partial charge in [0.1, 0.15) is 5.82 Å². The Bertz CT molecular complexity index is 731. The Morgan fingerprint density at radius 2 is 1.92 bits per heavy atom. The van der Waals surface area contributed by atoms with E-state index < -0.39 is 0 Å². The molecule has 1 aliphatic carbocycles. The number of amides is 2. The van der Waals surface area contributed by atoms with Gasteiger partial charge < -0.3 is 15.4 Å². The van der Waals surface area contributed by atoms with Crippen molar-refractivity contribution in [2.24, 2.45) is 5.92 Å². The topological polar surface area (TPSA) is 76.1 Å². The Morgan fingerprint density at radius 1 is 1.15 bits per heavy atom. The van der Waals surface area contributed by atoms with Gasteiger partial charge in [-0.25, -0.2) is 14.8 Å². The lowest BCUT2D eigenvalue weighted by Crippen LogP contribution is -2.35. The van der Waals surface area contributed by atoms with E-state index in [4.69, 9.17) is 4.74 Å². The molecule has 2 amide bonds. The normalized spacial score (nSPS) is 22.2. The first-order valence-corrected chi connectivity index (χ1v) is 9.28. The second-order valence-electron chi connectivity index (χ2n) is 7.17. The van der Waals surface area contributed by atoms with Crippen LogP contribution in [0.1, 0.15) is 36.6 Å². The fraction of sp³-hybridized carbons (Fsp3) is 0.450. The van der Waals surface area contributed by atoms with Gasteiger partial charge in [-0.1, -0.05) is 30.3 Å². The summed E-state index contributed by atoms with van der Waals surface area (Å²) < 4.78 is 5.81. The largest absolute Gasteiger partial charge is 0.376 e. The molecule has 0 radical (unpaired) electrons. The van der Waals surface area contributed by atoms with Crippen molar-refractivity contribution < 1.29 is 9.53 Å². The summed E-state index contributed by atoms with van der Waals surface area (Å²) in [5, 5.41) is 5.65. The zero-order valence-electron chi connectivity index (χ0n) is 14.7. The number of ether oxygens (including phenoxy) is 1. The number of anilines is 1. The fourth-order valence-corrected chi connectivity index (χ4v) is 3.29. The second-order valence-corrected chi connectivity index (χ2v) is 7.17. The highest BCUT2D eigenvalue weighted by molar-refractivity contribution is 5.88. The van der Waals surface area contributed by atoms with Crippen LogP contribution in [-0.4, -0.2) is 35.3 Å². The molecule has 0 spiro atoms. The molecule has 26 heavy (non-hydrogen) atoms. The minimum absolute atomic E-state index is 0.0446. The molecule has 2 aliphatic rings. The summed E-state index contributed by atoms with van der Waals surface area (Å²) in [6.07, 6.45) is 7.80. The van der Waals surface area contributed by atoms with Crippen LogP contribution < -0.4 is 10.6 Å². The first-order chi connectivity index (χ1) is 12.8. The van der Waals surface area contributed by atoms with Crippen LogP contribution in [0, 0.1) is 5.92 Å². The summed E-state index contributed by atoms with van der Waals surface area (Å²) in [4.78, 5) is 20.7. The molecule has 0 unspecified atom stereocenters. The van der Waals surface area contributed by atoms with Crippen molar-refractivity contribution >= 4 is 11.7 Å². The van der Waals surface area contributed by atoms with Crippen molar-refractivity contribution in [1.29, 1.82) is 0 Å². The van der Waals surface area contributed by atoms with Gasteiger partial charge in [-0.05, 0) is 30.7 Å². The summed E-state index contributed by atoms with van der Waals surface area (Å²) >= 11 is 0. The number of hydrogen-bond acceptors (Lipinski definition) is 4. The van der Waals surface area contributed by atoms with E-state index in [9.17, 15) is 4.79 Å². The average molecular weight is 352 g/mol. The first kappa shape index (κ1) is 17.0. The van der Waals surface area contributed by atoms with Gasteiger partial charge in [-0.15, -0.1) is 0 Å². The van der Waals surface area contributed by atoms with Gasteiger partial charge in [0.05, 0.1) is 30.8 Å². The van der Waals surface area contributed by atoms with E-state index >= 15 is 0 Å². The molecule has 4 rings (SSSR count). The van der Waals surface area contributed by atoms with E-state index in [0.29, 0.717) is 24.8 Å². The van der Waals surface area contributed by atoms with Crippen LogP contribution in [0.2, 0.25) is 0 Å². The molecule has 2 atom stereocenters. The van der Waals surface area contributed by atoms with Crippen molar-refractivity contribution in [3.05, 3.63) is 54.1 Å². The van der Waals surface area contributed by atoms with Gasteiger partial charge >= 0.3 is 6.03 Å². The van der Waals surface area contributed by atoms with Crippen LogP contribution in [0.25, 0.3) is 0 Å². The lowest BCUT2D eigenvalue weighted by Gasteiger charge is -2.12. The van der Waals surface area contributed by atoms with E-state index in [1.54, 1.807) is 12.4 Å². The van der Waals surface area contributed by atoms with E-state index in [1.807, 2.05) is 18.2 Å². The maximum Gasteiger partial charge on any atom is 0.319 e. The third-order valence-corrected chi connectivity index (χ3v) is 4.97. The first-order valence-electron chi connectivity index (χ1n) is 9.28. The molecular weight excluding hydrogens is 328 g/mol. The molecule has 1 aliphatic heterocycles. The molecule has 0 bridgehead atoms. The molecule has 136 valence electrons. The van der Waals surface area contributed by atoms with E-state index in [1.165, 1.54) is 18.4 Å². The summed E-state index contributed by atoms with van der Waals surface area (Å²) in [6, 6.07) is 10.1. The summed E-state index contributed by atoms with van der Waals surface area (Å²) in [5.41, 5.74) is 1.90. The number of carbonyl (C=O) groups is 1. The minimum Gasteiger partial charge on any atom is -0.376 e. The van der Waals surface area contributed by atoms with E-state index in [-0.39, 0.29) is 12.1 Å². The molecule has 1 aromatic carbocycles. The minimum atomic E-state index is -0.254. The third-order valence-electron chi connectivity index (χ3n) is 4.97. The summed E-state index contributed by atoms with van der Waals surface area (Å²) in [6.45, 7) is 1.20. The fourth-order valence-electron chi connectivity index (χ4n) is 3.29. The van der Waals surface area contributed by atoms with Crippen molar-refractivity contribution in [2.75, 3.05) is 18.5 Å². The maximum absolute atomic E-state index is 12.1. The number of urea groups is 1. The standard InChI is InChI=1S/C20H24N4O2/c25-20(24-17-10-21-19(22-11-17)8-14-6-7-14)23-12-18-9-16(13-26-18)15-4-2-1-3-5-15/h1-5,10-11,14,16,18H,6-9,12-13H2,(H2,23,24,25)/t16-,18-/m0/s1. The molecule has 1 aromatic heterocycles. The molecule has 2 heterocycles. The molecular formula is C20H24N4O2. The predicted molar refractivity (Wildman–Crippen MR) is 99.0 cm³/mol. The highest BCUT2D eigenvalue weighted by atomic mass is 16.5. The Labute approximate surface area is 153 Å². The van der Waals surface area contributed by atoms with Gasteiger partial charge in [0.2, 0.25) is 0 Å². The van der Waals surface area contributed by atoms with Crippen molar-refractivity contribution in [3.8, 4) is 0 Å². The smallest absolute Gasteiger partial charge is 0.319 e. The number of nitrogens with zero attached hydrogens (tertiary/aromatic N) is 2. The number of hydrogen-bond donors (Lipinski definition) is 2. The van der Waals surface area contributed by atoms with Gasteiger partial charge in [-0.3, -0.25) is 0 Å². The molecule has 6 nitrogen and oxygen atoms in total. The molecule has 2 N–H and O–H groups in total. The van der Waals surface area contributed by atoms with Crippen molar-refractivity contribution in [3.63, 3.8) is 0 Å². The number of benzene rings is 1. The Kier molecular flexibility index (Phi) is 5.11. The highest BCUT2D eigenvalue weighted by Crippen LogP contribution is 2.31. The second kappa shape index (κ2) is 7.83. The lowest BCUT2D eigenvalue weighted by atomic mass is 9.96. The summed E-state index contributed by atoms with van der Waals surface area (Å²) in [7, 11) is 0.